The molecule has 0 fully saturated rings. The molecule has 3 rings (SSSR count). The lowest BCUT2D eigenvalue weighted by atomic mass is 9.94. The van der Waals surface area contributed by atoms with E-state index in [4.69, 9.17) is 21.6 Å². The quantitative estimate of drug-likeness (QED) is 0.130. The number of amides is 1. The molecule has 0 aliphatic carbocycles. The molecule has 1 aliphatic heterocycles. The predicted octanol–water partition coefficient (Wildman–Crippen LogP) is 5.12. The van der Waals surface area contributed by atoms with Crippen molar-refractivity contribution >= 4 is 23.4 Å². The Bertz CT molecular complexity index is 1120. The van der Waals surface area contributed by atoms with Gasteiger partial charge < -0.3 is 20.5 Å². The molecule has 0 radical (unpaired) electrons. The van der Waals surface area contributed by atoms with Gasteiger partial charge >= 0.3 is 5.97 Å². The highest BCUT2D eigenvalue weighted by Crippen LogP contribution is 2.31. The fraction of sp³-hybridized carbons (Fsp3) is 0.433. The number of nitrogens with one attached hydrogen (secondary N) is 1. The largest absolute Gasteiger partial charge is 0.493 e. The van der Waals surface area contributed by atoms with Gasteiger partial charge in [0.2, 0.25) is 0 Å². The van der Waals surface area contributed by atoms with E-state index in [1.165, 1.54) is 25.7 Å². The van der Waals surface area contributed by atoms with E-state index < -0.39 is 0 Å². The van der Waals surface area contributed by atoms with Crippen molar-refractivity contribution in [1.29, 1.82) is 0 Å². The minimum Gasteiger partial charge on any atom is -0.493 e. The number of carbonyl (C=O) groups excluding carboxylic acids is 2. The molecule has 37 heavy (non-hydrogen) atoms. The third-order valence-corrected chi connectivity index (χ3v) is 6.31. The molecule has 3 N–H and O–H groups in total. The molecule has 2 aromatic carbocycles. The Morgan fingerprint density at radius 3 is 2.59 bits per heavy atom. The highest BCUT2D eigenvalue weighted by molar-refractivity contribution is 6.05. The van der Waals surface area contributed by atoms with Crippen molar-refractivity contribution in [2.75, 3.05) is 25.1 Å². The number of anilines is 1. The zero-order chi connectivity index (χ0) is 26.5. The van der Waals surface area contributed by atoms with Crippen molar-refractivity contribution in [2.45, 2.75) is 58.3 Å². The number of aliphatic imine (C=N–C) groups is 1. The van der Waals surface area contributed by atoms with Gasteiger partial charge in [0, 0.05) is 28.8 Å². The molecule has 0 bridgehead atoms. The van der Waals surface area contributed by atoms with E-state index in [9.17, 15) is 9.59 Å². The summed E-state index contributed by atoms with van der Waals surface area (Å²) in [5.74, 6) is 3.15. The first-order valence-electron chi connectivity index (χ1n) is 13.1. The maximum atomic E-state index is 12.7. The maximum Gasteiger partial charge on any atom is 0.306 e. The zero-order valence-electron chi connectivity index (χ0n) is 21.6. The summed E-state index contributed by atoms with van der Waals surface area (Å²) < 4.78 is 11.3. The third-order valence-electron chi connectivity index (χ3n) is 6.31. The highest BCUT2D eigenvalue weighted by Gasteiger charge is 2.23. The van der Waals surface area contributed by atoms with E-state index in [0.29, 0.717) is 42.3 Å². The zero-order valence-corrected chi connectivity index (χ0v) is 21.6. The number of carbonyl (C=O) groups is 2. The van der Waals surface area contributed by atoms with Crippen LogP contribution in [0.3, 0.4) is 0 Å². The first-order chi connectivity index (χ1) is 18.0. The summed E-state index contributed by atoms with van der Waals surface area (Å²) in [4.78, 5) is 29.0. The van der Waals surface area contributed by atoms with Crippen LogP contribution in [0.15, 0.2) is 47.5 Å². The SMILES string of the molecule is C#CCN=C(N)c1ccc(C(=O)Nc2ccc3c(c2)OCC(CC(=O)OCCCCCCCC)C3)cc1. The van der Waals surface area contributed by atoms with Crippen LogP contribution in [-0.4, -0.2) is 37.5 Å². The Labute approximate surface area is 219 Å². The normalized spacial score (nSPS) is 14.7. The lowest BCUT2D eigenvalue weighted by molar-refractivity contribution is -0.145. The van der Waals surface area contributed by atoms with Crippen molar-refractivity contribution < 1.29 is 19.1 Å². The van der Waals surface area contributed by atoms with Crippen LogP contribution < -0.4 is 15.8 Å². The van der Waals surface area contributed by atoms with Crippen LogP contribution in [0.4, 0.5) is 5.69 Å². The van der Waals surface area contributed by atoms with Gasteiger partial charge in [0.25, 0.3) is 5.91 Å². The number of amidine groups is 1. The summed E-state index contributed by atoms with van der Waals surface area (Å²) in [5.41, 5.74) is 8.74. The van der Waals surface area contributed by atoms with Gasteiger partial charge in [0.15, 0.2) is 0 Å². The molecule has 1 aliphatic rings. The second-order valence-corrected chi connectivity index (χ2v) is 9.33. The summed E-state index contributed by atoms with van der Waals surface area (Å²) in [5, 5.41) is 2.90. The summed E-state index contributed by atoms with van der Waals surface area (Å²) >= 11 is 0. The van der Waals surface area contributed by atoms with Crippen LogP contribution in [0.25, 0.3) is 0 Å². The molecule has 7 nitrogen and oxygen atoms in total. The summed E-state index contributed by atoms with van der Waals surface area (Å²) in [6.45, 7) is 3.35. The van der Waals surface area contributed by atoms with Crippen molar-refractivity contribution in [2.24, 2.45) is 16.6 Å². The number of hydrogen-bond acceptors (Lipinski definition) is 5. The van der Waals surface area contributed by atoms with Crippen LogP contribution in [0.2, 0.25) is 0 Å². The lowest BCUT2D eigenvalue weighted by Gasteiger charge is -2.25. The monoisotopic (exact) mass is 503 g/mol. The number of esters is 1. The van der Waals surface area contributed by atoms with E-state index in [-0.39, 0.29) is 24.3 Å². The van der Waals surface area contributed by atoms with Gasteiger partial charge in [0.1, 0.15) is 18.1 Å². The van der Waals surface area contributed by atoms with Crippen molar-refractivity contribution in [3.63, 3.8) is 0 Å². The number of nitrogens with two attached hydrogens (primary N) is 1. The number of ether oxygens (including phenoxy) is 2. The van der Waals surface area contributed by atoms with Gasteiger partial charge in [0.05, 0.1) is 19.6 Å². The Kier molecular flexibility index (Phi) is 11.0. The Morgan fingerprint density at radius 1 is 1.11 bits per heavy atom. The van der Waals surface area contributed by atoms with Crippen LogP contribution >= 0.6 is 0 Å². The van der Waals surface area contributed by atoms with E-state index in [1.54, 1.807) is 24.3 Å². The van der Waals surface area contributed by atoms with Gasteiger partial charge in [-0.1, -0.05) is 63.1 Å². The molecular weight excluding hydrogens is 466 g/mol. The minimum absolute atomic E-state index is 0.0834. The number of rotatable bonds is 13. The fourth-order valence-electron chi connectivity index (χ4n) is 4.22. The van der Waals surface area contributed by atoms with Crippen LogP contribution in [0.5, 0.6) is 5.75 Å². The Hall–Kier alpha value is -3.79. The van der Waals surface area contributed by atoms with Gasteiger partial charge in [-0.3, -0.25) is 14.6 Å². The minimum atomic E-state index is -0.243. The Morgan fingerprint density at radius 2 is 1.84 bits per heavy atom. The predicted molar refractivity (Wildman–Crippen MR) is 147 cm³/mol. The first kappa shape index (κ1) is 27.8. The first-order valence-corrected chi connectivity index (χ1v) is 13.1. The van der Waals surface area contributed by atoms with Crippen LogP contribution in [0.1, 0.15) is 73.4 Å². The topological polar surface area (TPSA) is 103 Å². The van der Waals surface area contributed by atoms with Crippen LogP contribution in [0, 0.1) is 18.3 Å². The molecule has 0 spiro atoms. The van der Waals surface area contributed by atoms with E-state index in [2.05, 4.69) is 23.2 Å². The second-order valence-electron chi connectivity index (χ2n) is 9.33. The summed E-state index contributed by atoms with van der Waals surface area (Å²) in [6.07, 6.45) is 13.3. The molecule has 0 saturated carbocycles. The molecule has 1 atom stereocenters. The maximum absolute atomic E-state index is 12.7. The molecule has 7 heteroatoms. The Balaban J connectivity index is 1.45. The third kappa shape index (κ3) is 8.98. The number of nitrogens with zero attached hydrogens (tertiary/aromatic N) is 1. The van der Waals surface area contributed by atoms with Crippen molar-refractivity contribution in [1.82, 2.24) is 0 Å². The number of terminal acetylenes is 1. The molecular formula is C30H37N3O4. The van der Waals surface area contributed by atoms with E-state index in [0.717, 1.165) is 30.6 Å². The molecule has 0 aromatic heterocycles. The molecule has 1 heterocycles. The molecule has 196 valence electrons. The number of benzene rings is 2. The standard InChI is InChI=1S/C30H37N3O4/c1-3-5-6-7-8-9-17-36-28(34)19-22-18-25-14-15-26(20-27(25)37-21-22)33-30(35)24-12-10-23(11-13-24)29(31)32-16-4-2/h2,10-15,20,22H,3,5-9,16-19,21H2,1H3,(H2,31,32)(H,33,35). The number of hydrogen-bond donors (Lipinski definition) is 2. The summed E-state index contributed by atoms with van der Waals surface area (Å²) in [7, 11) is 0. The van der Waals surface area contributed by atoms with Crippen LogP contribution in [-0.2, 0) is 16.0 Å². The van der Waals surface area contributed by atoms with Gasteiger partial charge in [-0.2, -0.15) is 0 Å². The average molecular weight is 504 g/mol. The lowest BCUT2D eigenvalue weighted by Crippen LogP contribution is -2.24. The highest BCUT2D eigenvalue weighted by atomic mass is 16.5. The van der Waals surface area contributed by atoms with Crippen molar-refractivity contribution in [3.8, 4) is 18.1 Å². The molecule has 2 aromatic rings. The average Bonchev–Trinajstić information content (AvgIpc) is 2.91. The second kappa shape index (κ2) is 14.7. The molecule has 1 unspecified atom stereocenters. The molecule has 0 saturated heterocycles. The number of unbranched alkanes of at least 4 members (excludes halogenated alkanes) is 5. The smallest absolute Gasteiger partial charge is 0.306 e. The van der Waals surface area contributed by atoms with Gasteiger partial charge in [-0.25, -0.2) is 0 Å². The van der Waals surface area contributed by atoms with Gasteiger partial charge in [-0.05, 0) is 36.6 Å². The number of fused-ring (bicyclic) bond motifs is 1. The van der Waals surface area contributed by atoms with E-state index >= 15 is 0 Å². The van der Waals surface area contributed by atoms with E-state index in [1.807, 2.05) is 18.2 Å². The fourth-order valence-corrected chi connectivity index (χ4v) is 4.22. The molecule has 1 amide bonds. The van der Waals surface area contributed by atoms with Crippen molar-refractivity contribution in [3.05, 3.63) is 59.2 Å². The van der Waals surface area contributed by atoms with Gasteiger partial charge in [-0.15, -0.1) is 6.42 Å². The summed E-state index contributed by atoms with van der Waals surface area (Å²) in [6, 6.07) is 12.4.